The molecule has 0 radical (unpaired) electrons. The highest BCUT2D eigenvalue weighted by Crippen LogP contribution is 2.25. The fraction of sp³-hybridized carbons (Fsp3) is 0.444. The van der Waals surface area contributed by atoms with Crippen molar-refractivity contribution in [2.75, 3.05) is 13.7 Å². The maximum absolute atomic E-state index is 12.9. The van der Waals surface area contributed by atoms with Crippen molar-refractivity contribution < 1.29 is 9.90 Å². The van der Waals surface area contributed by atoms with E-state index in [2.05, 4.69) is 5.10 Å². The van der Waals surface area contributed by atoms with Crippen LogP contribution in [0.1, 0.15) is 54.0 Å². The Bertz CT molecular complexity index is 650. The summed E-state index contributed by atoms with van der Waals surface area (Å²) in [5.41, 5.74) is 2.50. The highest BCUT2D eigenvalue weighted by molar-refractivity contribution is 5.95. The van der Waals surface area contributed by atoms with Gasteiger partial charge in [0.25, 0.3) is 5.91 Å². The van der Waals surface area contributed by atoms with Crippen LogP contribution in [0, 0.1) is 6.92 Å². The summed E-state index contributed by atoms with van der Waals surface area (Å²) in [6.07, 6.45) is 2.14. The van der Waals surface area contributed by atoms with Gasteiger partial charge < -0.3 is 10.0 Å². The average molecular weight is 315 g/mol. The summed E-state index contributed by atoms with van der Waals surface area (Å²) in [5, 5.41) is 13.7. The maximum atomic E-state index is 12.9. The molecular formula is C18H25N3O2. The number of hydrogen-bond acceptors (Lipinski definition) is 3. The Morgan fingerprint density at radius 3 is 2.48 bits per heavy atom. The predicted molar refractivity (Wildman–Crippen MR) is 90.3 cm³/mol. The van der Waals surface area contributed by atoms with Gasteiger partial charge in [-0.1, -0.05) is 30.3 Å². The van der Waals surface area contributed by atoms with Gasteiger partial charge >= 0.3 is 0 Å². The van der Waals surface area contributed by atoms with Gasteiger partial charge in [0.15, 0.2) is 0 Å². The summed E-state index contributed by atoms with van der Waals surface area (Å²) in [5.74, 6) is -0.0725. The van der Waals surface area contributed by atoms with E-state index < -0.39 is 0 Å². The van der Waals surface area contributed by atoms with Crippen molar-refractivity contribution in [3.8, 4) is 0 Å². The molecule has 1 atom stereocenters. The quantitative estimate of drug-likeness (QED) is 0.891. The van der Waals surface area contributed by atoms with E-state index in [4.69, 9.17) is 0 Å². The normalized spacial score (nSPS) is 12.4. The van der Waals surface area contributed by atoms with Crippen molar-refractivity contribution in [3.63, 3.8) is 0 Å². The van der Waals surface area contributed by atoms with Gasteiger partial charge in [-0.05, 0) is 32.8 Å². The molecule has 1 aromatic heterocycles. The lowest BCUT2D eigenvalue weighted by atomic mass is 10.0. The first-order valence-corrected chi connectivity index (χ1v) is 7.94. The lowest BCUT2D eigenvalue weighted by Crippen LogP contribution is -2.32. The number of carbonyl (C=O) groups excluding carboxylic acids is 1. The lowest BCUT2D eigenvalue weighted by Gasteiger charge is -2.28. The Morgan fingerprint density at radius 1 is 1.30 bits per heavy atom. The Hall–Kier alpha value is -2.14. The van der Waals surface area contributed by atoms with Crippen LogP contribution in [-0.2, 0) is 0 Å². The molecule has 0 fully saturated rings. The van der Waals surface area contributed by atoms with Crippen molar-refractivity contribution in [2.45, 2.75) is 39.3 Å². The number of amides is 1. The summed E-state index contributed by atoms with van der Waals surface area (Å²) >= 11 is 0. The van der Waals surface area contributed by atoms with Gasteiger partial charge in [-0.3, -0.25) is 9.48 Å². The average Bonchev–Trinajstić information content (AvgIpc) is 2.94. The molecule has 1 amide bonds. The molecule has 0 saturated carbocycles. The van der Waals surface area contributed by atoms with E-state index in [1.165, 1.54) is 0 Å². The van der Waals surface area contributed by atoms with Crippen LogP contribution in [0.25, 0.3) is 0 Å². The van der Waals surface area contributed by atoms with Crippen molar-refractivity contribution in [1.82, 2.24) is 14.7 Å². The van der Waals surface area contributed by atoms with E-state index in [1.54, 1.807) is 18.1 Å². The Balaban J connectivity index is 2.29. The van der Waals surface area contributed by atoms with Crippen LogP contribution in [0.4, 0.5) is 0 Å². The zero-order valence-corrected chi connectivity index (χ0v) is 14.2. The fourth-order valence-electron chi connectivity index (χ4n) is 2.87. The standard InChI is InChI=1S/C18H25N3O2/c1-13(2)21-14(3)16(12-19-21)18(23)20(4)17(10-11-22)15-8-6-5-7-9-15/h5-9,12-13,17,22H,10-11H2,1-4H3. The topological polar surface area (TPSA) is 58.4 Å². The molecule has 0 bridgehead atoms. The first kappa shape index (κ1) is 17.2. The molecule has 1 aromatic carbocycles. The molecule has 5 nitrogen and oxygen atoms in total. The highest BCUT2D eigenvalue weighted by Gasteiger charge is 2.25. The number of benzene rings is 1. The summed E-state index contributed by atoms with van der Waals surface area (Å²) in [7, 11) is 1.78. The summed E-state index contributed by atoms with van der Waals surface area (Å²) in [4.78, 5) is 14.6. The number of carbonyl (C=O) groups is 1. The van der Waals surface area contributed by atoms with Gasteiger partial charge in [0, 0.05) is 25.4 Å². The summed E-state index contributed by atoms with van der Waals surface area (Å²) in [6, 6.07) is 9.85. The highest BCUT2D eigenvalue weighted by atomic mass is 16.3. The number of nitrogens with zero attached hydrogens (tertiary/aromatic N) is 3. The molecule has 2 aromatic rings. The lowest BCUT2D eigenvalue weighted by molar-refractivity contribution is 0.0704. The molecule has 5 heteroatoms. The van der Waals surface area contributed by atoms with E-state index in [1.807, 2.05) is 55.8 Å². The maximum Gasteiger partial charge on any atom is 0.257 e. The van der Waals surface area contributed by atoms with Crippen molar-refractivity contribution in [3.05, 3.63) is 53.3 Å². The van der Waals surface area contributed by atoms with Crippen molar-refractivity contribution in [1.29, 1.82) is 0 Å². The van der Waals surface area contributed by atoms with Crippen LogP contribution in [0.15, 0.2) is 36.5 Å². The Kier molecular flexibility index (Phi) is 5.55. The molecular weight excluding hydrogens is 290 g/mol. The minimum Gasteiger partial charge on any atom is -0.396 e. The largest absolute Gasteiger partial charge is 0.396 e. The Labute approximate surface area is 137 Å². The first-order valence-electron chi connectivity index (χ1n) is 7.94. The number of aliphatic hydroxyl groups excluding tert-OH is 1. The van der Waals surface area contributed by atoms with Crippen molar-refractivity contribution in [2.24, 2.45) is 0 Å². The number of aromatic nitrogens is 2. The van der Waals surface area contributed by atoms with E-state index in [0.29, 0.717) is 12.0 Å². The van der Waals surface area contributed by atoms with Crippen molar-refractivity contribution >= 4 is 5.91 Å². The number of aliphatic hydroxyl groups is 1. The first-order chi connectivity index (χ1) is 11.0. The molecule has 0 saturated heterocycles. The van der Waals surface area contributed by atoms with Crippen LogP contribution in [0.3, 0.4) is 0 Å². The number of rotatable bonds is 6. The van der Waals surface area contributed by atoms with Gasteiger partial charge in [0.2, 0.25) is 0 Å². The molecule has 23 heavy (non-hydrogen) atoms. The summed E-state index contributed by atoms with van der Waals surface area (Å²) in [6.45, 7) is 6.02. The molecule has 1 unspecified atom stereocenters. The molecule has 0 aliphatic carbocycles. The van der Waals surface area contributed by atoms with Gasteiger partial charge in [-0.15, -0.1) is 0 Å². The molecule has 0 spiro atoms. The van der Waals surface area contributed by atoms with E-state index in [9.17, 15) is 9.90 Å². The third-order valence-electron chi connectivity index (χ3n) is 4.14. The minimum atomic E-state index is -0.157. The zero-order valence-electron chi connectivity index (χ0n) is 14.2. The summed E-state index contributed by atoms with van der Waals surface area (Å²) < 4.78 is 1.85. The molecule has 2 rings (SSSR count). The van der Waals surface area contributed by atoms with Crippen LogP contribution < -0.4 is 0 Å². The SMILES string of the molecule is Cc1c(C(=O)N(C)C(CCO)c2ccccc2)cnn1C(C)C. The number of hydrogen-bond donors (Lipinski definition) is 1. The second kappa shape index (κ2) is 7.42. The zero-order chi connectivity index (χ0) is 17.0. The molecule has 0 aliphatic rings. The van der Waals surface area contributed by atoms with E-state index in [-0.39, 0.29) is 24.6 Å². The van der Waals surface area contributed by atoms with Gasteiger partial charge in [-0.2, -0.15) is 5.10 Å². The van der Waals surface area contributed by atoms with Crippen LogP contribution in [-0.4, -0.2) is 39.3 Å². The van der Waals surface area contributed by atoms with E-state index >= 15 is 0 Å². The predicted octanol–water partition coefficient (Wildman–Crippen LogP) is 2.97. The molecule has 0 aliphatic heterocycles. The van der Waals surface area contributed by atoms with Crippen LogP contribution in [0.2, 0.25) is 0 Å². The van der Waals surface area contributed by atoms with Gasteiger partial charge in [0.1, 0.15) is 0 Å². The van der Waals surface area contributed by atoms with Gasteiger partial charge in [0.05, 0.1) is 17.8 Å². The van der Waals surface area contributed by atoms with Crippen LogP contribution in [0.5, 0.6) is 0 Å². The van der Waals surface area contributed by atoms with Gasteiger partial charge in [-0.25, -0.2) is 0 Å². The third-order valence-corrected chi connectivity index (χ3v) is 4.14. The second-order valence-electron chi connectivity index (χ2n) is 6.04. The molecule has 124 valence electrons. The fourth-order valence-corrected chi connectivity index (χ4v) is 2.87. The van der Waals surface area contributed by atoms with Crippen LogP contribution >= 0.6 is 0 Å². The smallest absolute Gasteiger partial charge is 0.257 e. The Morgan fingerprint density at radius 2 is 1.96 bits per heavy atom. The minimum absolute atomic E-state index is 0.0292. The van der Waals surface area contributed by atoms with E-state index in [0.717, 1.165) is 11.3 Å². The second-order valence-corrected chi connectivity index (χ2v) is 6.04. The third kappa shape index (κ3) is 3.62. The molecule has 1 heterocycles. The molecule has 1 N–H and O–H groups in total. The monoisotopic (exact) mass is 315 g/mol.